The van der Waals surface area contributed by atoms with E-state index in [1.54, 1.807) is 18.6 Å². The molecular formula is C16H18F3N3O. The van der Waals surface area contributed by atoms with E-state index in [2.05, 4.69) is 4.98 Å². The number of imidazole rings is 1. The van der Waals surface area contributed by atoms with Gasteiger partial charge in [-0.05, 0) is 18.1 Å². The van der Waals surface area contributed by atoms with E-state index in [4.69, 9.17) is 0 Å². The van der Waals surface area contributed by atoms with Gasteiger partial charge in [-0.1, -0.05) is 18.2 Å². The van der Waals surface area contributed by atoms with Gasteiger partial charge >= 0.3 is 6.18 Å². The van der Waals surface area contributed by atoms with Crippen molar-refractivity contribution < 1.29 is 18.3 Å². The summed E-state index contributed by atoms with van der Waals surface area (Å²) in [7, 11) is 0. The molecule has 0 bridgehead atoms. The Kier molecular flexibility index (Phi) is 4.41. The zero-order valence-electron chi connectivity index (χ0n) is 12.4. The topological polar surface area (TPSA) is 41.3 Å². The molecule has 23 heavy (non-hydrogen) atoms. The second-order valence-corrected chi connectivity index (χ2v) is 5.79. The maximum Gasteiger partial charge on any atom is 0.416 e. The number of alkyl halides is 3. The summed E-state index contributed by atoms with van der Waals surface area (Å²) in [6, 6.07) is 5.20. The Hall–Kier alpha value is -1.86. The van der Waals surface area contributed by atoms with Crippen LogP contribution in [0.15, 0.2) is 43.0 Å². The van der Waals surface area contributed by atoms with Crippen LogP contribution in [0.5, 0.6) is 0 Å². The molecule has 1 N–H and O–H groups in total. The van der Waals surface area contributed by atoms with Gasteiger partial charge in [0.15, 0.2) is 0 Å². The highest BCUT2D eigenvalue weighted by atomic mass is 19.4. The second kappa shape index (κ2) is 6.33. The molecule has 0 saturated carbocycles. The molecule has 1 aromatic carbocycles. The van der Waals surface area contributed by atoms with Gasteiger partial charge in [0.05, 0.1) is 18.0 Å². The molecule has 2 atom stereocenters. The van der Waals surface area contributed by atoms with Gasteiger partial charge in [0.2, 0.25) is 0 Å². The zero-order chi connectivity index (χ0) is 16.4. The molecule has 1 fully saturated rings. The molecule has 124 valence electrons. The second-order valence-electron chi connectivity index (χ2n) is 5.79. The molecule has 0 aliphatic carbocycles. The average Bonchev–Trinajstić information content (AvgIpc) is 3.13. The summed E-state index contributed by atoms with van der Waals surface area (Å²) in [5.41, 5.74) is -0.381. The summed E-state index contributed by atoms with van der Waals surface area (Å²) in [4.78, 5) is 5.86. The van der Waals surface area contributed by atoms with Crippen LogP contribution in [-0.4, -0.2) is 38.8 Å². The van der Waals surface area contributed by atoms with Crippen LogP contribution < -0.4 is 0 Å². The van der Waals surface area contributed by atoms with Gasteiger partial charge in [-0.2, -0.15) is 13.2 Å². The van der Waals surface area contributed by atoms with Gasteiger partial charge in [-0.25, -0.2) is 4.98 Å². The van der Waals surface area contributed by atoms with Gasteiger partial charge in [-0.15, -0.1) is 0 Å². The number of aromatic nitrogens is 2. The van der Waals surface area contributed by atoms with E-state index in [0.717, 1.165) is 6.07 Å². The first-order chi connectivity index (χ1) is 10.9. The summed E-state index contributed by atoms with van der Waals surface area (Å²) < 4.78 is 41.6. The van der Waals surface area contributed by atoms with E-state index < -0.39 is 23.9 Å². The summed E-state index contributed by atoms with van der Waals surface area (Å²) in [5, 5.41) is 9.94. The zero-order valence-corrected chi connectivity index (χ0v) is 12.4. The molecule has 1 aliphatic heterocycles. The van der Waals surface area contributed by atoms with Gasteiger partial charge < -0.3 is 9.67 Å². The predicted molar refractivity (Wildman–Crippen MR) is 78.6 cm³/mol. The van der Waals surface area contributed by atoms with Crippen LogP contribution in [0.25, 0.3) is 0 Å². The minimum atomic E-state index is -4.39. The Morgan fingerprint density at radius 1 is 1.22 bits per heavy atom. The predicted octanol–water partition coefficient (Wildman–Crippen LogP) is 2.71. The number of rotatable bonds is 4. The van der Waals surface area contributed by atoms with Crippen molar-refractivity contribution in [2.45, 2.75) is 31.3 Å². The first-order valence-corrected chi connectivity index (χ1v) is 7.49. The Morgan fingerprint density at radius 2 is 2.00 bits per heavy atom. The highest BCUT2D eigenvalue weighted by Crippen LogP contribution is 2.40. The van der Waals surface area contributed by atoms with Crippen LogP contribution in [0.1, 0.15) is 23.6 Å². The van der Waals surface area contributed by atoms with Crippen LogP contribution in [0, 0.1) is 0 Å². The standard InChI is InChI=1S/C16H18F3N3O/c17-16(18,19)14-4-2-1-3-13(14)15-9-12(23)10-22(15)8-7-21-6-5-20-11-21/h1-6,11-12,15,23H,7-10H2. The van der Waals surface area contributed by atoms with Crippen molar-refractivity contribution in [2.24, 2.45) is 0 Å². The van der Waals surface area contributed by atoms with Crippen LogP contribution in [0.4, 0.5) is 13.2 Å². The lowest BCUT2D eigenvalue weighted by atomic mass is 9.97. The summed E-state index contributed by atoms with van der Waals surface area (Å²) >= 11 is 0. The van der Waals surface area contributed by atoms with Crippen molar-refractivity contribution in [2.75, 3.05) is 13.1 Å². The van der Waals surface area contributed by atoms with Crippen LogP contribution >= 0.6 is 0 Å². The Bertz CT molecular complexity index is 642. The molecule has 4 nitrogen and oxygen atoms in total. The lowest BCUT2D eigenvalue weighted by Crippen LogP contribution is -2.29. The fourth-order valence-electron chi connectivity index (χ4n) is 3.16. The maximum atomic E-state index is 13.2. The maximum absolute atomic E-state index is 13.2. The van der Waals surface area contributed by atoms with E-state index in [0.29, 0.717) is 26.1 Å². The van der Waals surface area contributed by atoms with Crippen LogP contribution in [-0.2, 0) is 12.7 Å². The van der Waals surface area contributed by atoms with Crippen molar-refractivity contribution in [3.05, 3.63) is 54.1 Å². The molecule has 1 aliphatic rings. The number of halogens is 3. The quantitative estimate of drug-likeness (QED) is 0.940. The summed E-state index contributed by atoms with van der Waals surface area (Å²) in [6.07, 6.45) is 0.465. The molecule has 1 saturated heterocycles. The third-order valence-corrected chi connectivity index (χ3v) is 4.21. The fourth-order valence-corrected chi connectivity index (χ4v) is 3.16. The summed E-state index contributed by atoms with van der Waals surface area (Å²) in [5.74, 6) is 0. The number of aliphatic hydroxyl groups is 1. The molecule has 2 heterocycles. The van der Waals surface area contributed by atoms with Gasteiger partial charge in [0.1, 0.15) is 0 Å². The number of aliphatic hydroxyl groups excluding tert-OH is 1. The van der Waals surface area contributed by atoms with E-state index in [-0.39, 0.29) is 5.56 Å². The van der Waals surface area contributed by atoms with Gasteiger partial charge in [-0.3, -0.25) is 4.90 Å². The number of hydrogen-bond donors (Lipinski definition) is 1. The Labute approximate surface area is 132 Å². The largest absolute Gasteiger partial charge is 0.416 e. The molecule has 2 aromatic rings. The minimum Gasteiger partial charge on any atom is -0.392 e. The number of β-amino-alcohol motifs (C(OH)–C–C–N with tert-alkyl or cyclic N) is 1. The molecule has 0 amide bonds. The monoisotopic (exact) mass is 325 g/mol. The van der Waals surface area contributed by atoms with Crippen LogP contribution in [0.2, 0.25) is 0 Å². The highest BCUT2D eigenvalue weighted by molar-refractivity contribution is 5.33. The molecule has 0 spiro atoms. The van der Waals surface area contributed by atoms with Crippen molar-refractivity contribution >= 4 is 0 Å². The third-order valence-electron chi connectivity index (χ3n) is 4.21. The molecule has 1 aromatic heterocycles. The van der Waals surface area contributed by atoms with E-state index in [1.165, 1.54) is 12.1 Å². The van der Waals surface area contributed by atoms with Crippen molar-refractivity contribution in [3.63, 3.8) is 0 Å². The highest BCUT2D eigenvalue weighted by Gasteiger charge is 2.39. The number of nitrogens with zero attached hydrogens (tertiary/aromatic N) is 3. The number of likely N-dealkylation sites (tertiary alicyclic amines) is 1. The van der Waals surface area contributed by atoms with Crippen molar-refractivity contribution in [1.29, 1.82) is 0 Å². The first kappa shape index (κ1) is 16.0. The van der Waals surface area contributed by atoms with Gasteiger partial charge in [0.25, 0.3) is 0 Å². The van der Waals surface area contributed by atoms with E-state index in [9.17, 15) is 18.3 Å². The molecule has 7 heteroatoms. The van der Waals surface area contributed by atoms with E-state index >= 15 is 0 Å². The lowest BCUT2D eigenvalue weighted by molar-refractivity contribution is -0.138. The van der Waals surface area contributed by atoms with E-state index in [1.807, 2.05) is 15.7 Å². The molecule has 3 rings (SSSR count). The Balaban J connectivity index is 1.82. The van der Waals surface area contributed by atoms with Crippen molar-refractivity contribution in [1.82, 2.24) is 14.5 Å². The van der Waals surface area contributed by atoms with Crippen LogP contribution in [0.3, 0.4) is 0 Å². The SMILES string of the molecule is OC1CC(c2ccccc2C(F)(F)F)N(CCn2ccnc2)C1. The minimum absolute atomic E-state index is 0.238. The summed E-state index contributed by atoms with van der Waals surface area (Å²) in [6.45, 7) is 1.56. The average molecular weight is 325 g/mol. The third kappa shape index (κ3) is 3.56. The normalized spacial score (nSPS) is 22.6. The van der Waals surface area contributed by atoms with Gasteiger partial charge in [0, 0.05) is 38.1 Å². The lowest BCUT2D eigenvalue weighted by Gasteiger charge is -2.27. The first-order valence-electron chi connectivity index (χ1n) is 7.49. The van der Waals surface area contributed by atoms with Crippen molar-refractivity contribution in [3.8, 4) is 0 Å². The Morgan fingerprint density at radius 3 is 2.70 bits per heavy atom. The smallest absolute Gasteiger partial charge is 0.392 e. The molecular weight excluding hydrogens is 307 g/mol. The molecule has 2 unspecified atom stereocenters. The molecule has 0 radical (unpaired) electrons. The number of hydrogen-bond acceptors (Lipinski definition) is 3. The number of benzene rings is 1. The fraction of sp³-hybridized carbons (Fsp3) is 0.438.